The van der Waals surface area contributed by atoms with Crippen molar-refractivity contribution in [3.63, 3.8) is 0 Å². The maximum Gasteiger partial charge on any atom is 0.327 e. The number of imide groups is 1. The topological polar surface area (TPSA) is 231 Å². The quantitative estimate of drug-likeness (QED) is 0.115. The molecule has 0 saturated carbocycles. The molecule has 0 bridgehead atoms. The van der Waals surface area contributed by atoms with Crippen LogP contribution in [0.1, 0.15) is 40.8 Å². The number of nitrogen functional groups attached to an aromatic ring is 1. The van der Waals surface area contributed by atoms with E-state index in [1.165, 1.54) is 17.8 Å². The van der Waals surface area contributed by atoms with Crippen LogP contribution in [0.5, 0.6) is 5.88 Å². The average Bonchev–Trinajstić information content (AvgIpc) is 3.54. The Morgan fingerprint density at radius 2 is 2.09 bits per heavy atom. The molecule has 0 spiro atoms. The number of carbonyl (C=O) groups is 3. The van der Waals surface area contributed by atoms with E-state index >= 15 is 4.39 Å². The first-order chi connectivity index (χ1) is 20.1. The van der Waals surface area contributed by atoms with Gasteiger partial charge in [0.2, 0.25) is 11.8 Å². The normalized spacial score (nSPS) is 27.6. The van der Waals surface area contributed by atoms with Crippen LogP contribution in [0.2, 0.25) is 0 Å². The van der Waals surface area contributed by atoms with Gasteiger partial charge >= 0.3 is 18.7 Å². The summed E-state index contributed by atoms with van der Waals surface area (Å²) in [5.41, 5.74) is 3.68. The molecule has 6 N–H and O–H groups in total. The van der Waals surface area contributed by atoms with Gasteiger partial charge in [0.05, 0.1) is 25.6 Å². The van der Waals surface area contributed by atoms with Gasteiger partial charge in [0.25, 0.3) is 5.91 Å². The van der Waals surface area contributed by atoms with Crippen molar-refractivity contribution >= 4 is 53.1 Å². The predicted octanol–water partition coefficient (Wildman–Crippen LogP) is 0.789. The van der Waals surface area contributed by atoms with E-state index in [-0.39, 0.29) is 35.4 Å². The van der Waals surface area contributed by atoms with Crippen LogP contribution in [0.25, 0.3) is 11.2 Å². The second-order valence-corrected chi connectivity index (χ2v) is 14.5. The second-order valence-electron chi connectivity index (χ2n) is 10.2. The highest BCUT2D eigenvalue weighted by atomic mass is 32.7. The Bertz CT molecular complexity index is 1430. The summed E-state index contributed by atoms with van der Waals surface area (Å²) in [5.74, 6) is -1.62. The Kier molecular flexibility index (Phi) is 9.82. The Hall–Kier alpha value is -3.09. The maximum absolute atomic E-state index is 16.0. The van der Waals surface area contributed by atoms with Gasteiger partial charge in [0.15, 0.2) is 23.1 Å². The van der Waals surface area contributed by atoms with E-state index in [1.54, 1.807) is 20.8 Å². The number of anilines is 1. The Morgan fingerprint density at radius 1 is 1.37 bits per heavy atom. The van der Waals surface area contributed by atoms with Crippen LogP contribution in [0.15, 0.2) is 6.33 Å². The minimum absolute atomic E-state index is 0.0871. The summed E-state index contributed by atoms with van der Waals surface area (Å²) in [5, 5.41) is 17.9. The number of aliphatic hydroxyl groups is 1. The zero-order valence-electron chi connectivity index (χ0n) is 24.0. The Balaban J connectivity index is 1.53. The van der Waals surface area contributed by atoms with Crippen LogP contribution in [0.3, 0.4) is 0 Å². The zero-order valence-corrected chi connectivity index (χ0v) is 25.7. The molecule has 3 amide bonds. The van der Waals surface area contributed by atoms with Gasteiger partial charge in [0, 0.05) is 5.75 Å². The number of halogens is 1. The fourth-order valence-corrected chi connectivity index (χ4v) is 8.19. The summed E-state index contributed by atoms with van der Waals surface area (Å²) in [4.78, 5) is 48.2. The van der Waals surface area contributed by atoms with Gasteiger partial charge in [-0.3, -0.25) is 24.0 Å². The van der Waals surface area contributed by atoms with E-state index < -0.39 is 73.5 Å². The van der Waals surface area contributed by atoms with E-state index in [1.807, 2.05) is 0 Å². The molecule has 2 aliphatic heterocycles. The lowest BCUT2D eigenvalue weighted by Crippen LogP contribution is -2.41. The lowest BCUT2D eigenvalue weighted by Gasteiger charge is -2.25. The van der Waals surface area contributed by atoms with E-state index in [0.717, 1.165) is 6.92 Å². The summed E-state index contributed by atoms with van der Waals surface area (Å²) in [6.45, 7) is 3.10. The van der Waals surface area contributed by atoms with Crippen molar-refractivity contribution in [3.8, 4) is 5.88 Å². The smallest absolute Gasteiger partial charge is 0.327 e. The van der Waals surface area contributed by atoms with Gasteiger partial charge in [-0.1, -0.05) is 11.4 Å². The largest absolute Gasteiger partial charge is 0.476 e. The number of esters is 1. The molecule has 2 aliphatic rings. The van der Waals surface area contributed by atoms with Crippen LogP contribution < -0.4 is 26.2 Å². The molecular formula is C23H34FN8O9PS. The number of hydrogen-bond acceptors (Lipinski definition) is 14. The van der Waals surface area contributed by atoms with E-state index in [2.05, 4.69) is 30.7 Å². The van der Waals surface area contributed by atoms with Crippen molar-refractivity contribution in [2.24, 2.45) is 0 Å². The van der Waals surface area contributed by atoms with Crippen LogP contribution in [0.4, 0.5) is 15.1 Å². The summed E-state index contributed by atoms with van der Waals surface area (Å²) in [6, 6.07) is -2.86. The number of alkyl halides is 1. The molecule has 0 unspecified atom stereocenters. The molecule has 17 nitrogen and oxygen atoms in total. The molecule has 238 valence electrons. The highest BCUT2D eigenvalue weighted by Gasteiger charge is 2.56. The first kappa shape index (κ1) is 32.8. The average molecular weight is 649 g/mol. The molecule has 4 heterocycles. The fourth-order valence-electron chi connectivity index (χ4n) is 4.32. The zero-order chi connectivity index (χ0) is 31.7. The minimum atomic E-state index is -4.08. The van der Waals surface area contributed by atoms with E-state index in [0.29, 0.717) is 11.4 Å². The number of urea groups is 1. The summed E-state index contributed by atoms with van der Waals surface area (Å²) in [7, 11) is 0. The van der Waals surface area contributed by atoms with Crippen LogP contribution in [-0.2, 0) is 28.2 Å². The molecule has 7 atom stereocenters. The number of aliphatic hydroxyl groups excluding tert-OH is 1. The van der Waals surface area contributed by atoms with Gasteiger partial charge < -0.3 is 34.9 Å². The number of ether oxygens (including phenoxy) is 3. The number of rotatable bonds is 13. The van der Waals surface area contributed by atoms with E-state index in [4.69, 9.17) is 24.5 Å². The first-order valence-electron chi connectivity index (χ1n) is 13.3. The van der Waals surface area contributed by atoms with Crippen molar-refractivity contribution in [1.82, 2.24) is 35.2 Å². The molecule has 0 aromatic carbocycles. The van der Waals surface area contributed by atoms with Gasteiger partial charge in [-0.05, 0) is 34.6 Å². The second kappa shape index (κ2) is 12.9. The van der Waals surface area contributed by atoms with E-state index in [9.17, 15) is 24.1 Å². The number of nitrogens with one attached hydrogen (secondary N) is 3. The van der Waals surface area contributed by atoms with Gasteiger partial charge in [-0.2, -0.15) is 9.97 Å². The Labute approximate surface area is 249 Å². The third-order valence-corrected chi connectivity index (χ3v) is 10.5. The molecule has 20 heteroatoms. The lowest BCUT2D eigenvalue weighted by molar-refractivity contribution is -0.149. The van der Waals surface area contributed by atoms with Gasteiger partial charge in [0.1, 0.15) is 24.3 Å². The molecule has 0 radical (unpaired) electrons. The summed E-state index contributed by atoms with van der Waals surface area (Å²) < 4.78 is 53.3. The van der Waals surface area contributed by atoms with Crippen molar-refractivity contribution in [2.45, 2.75) is 76.9 Å². The SMILES string of the molecule is CCOc1nc(N)nc2c1ncn2[C@@H]1O[C@H](CO[P@@](=O)(N[C@H](C)C(=O)OC(C)C)SC[C@H]2NC(=O)NC2=O)[C@@H](O)[C@@]1(C)F. The summed E-state index contributed by atoms with van der Waals surface area (Å²) >= 11 is 0.632. The summed E-state index contributed by atoms with van der Waals surface area (Å²) in [6.07, 6.45) is -3.81. The van der Waals surface area contributed by atoms with Gasteiger partial charge in [-0.25, -0.2) is 19.3 Å². The predicted molar refractivity (Wildman–Crippen MR) is 151 cm³/mol. The number of nitrogens with zero attached hydrogens (tertiary/aromatic N) is 4. The number of fused-ring (bicyclic) bond motifs is 1. The molecule has 2 aromatic heterocycles. The monoisotopic (exact) mass is 648 g/mol. The molecule has 2 fully saturated rings. The number of nitrogens with two attached hydrogens (primary N) is 1. The minimum Gasteiger partial charge on any atom is -0.476 e. The third-order valence-electron chi connectivity index (χ3n) is 6.39. The highest BCUT2D eigenvalue weighted by Crippen LogP contribution is 2.57. The molecule has 43 heavy (non-hydrogen) atoms. The fraction of sp³-hybridized carbons (Fsp3) is 0.652. The Morgan fingerprint density at radius 3 is 2.72 bits per heavy atom. The molecule has 0 aliphatic carbocycles. The number of aromatic nitrogens is 4. The molecule has 4 rings (SSSR count). The molecular weight excluding hydrogens is 614 g/mol. The number of amides is 3. The number of hydrogen-bond donors (Lipinski definition) is 5. The van der Waals surface area contributed by atoms with Crippen molar-refractivity contribution < 1.29 is 47.2 Å². The van der Waals surface area contributed by atoms with Crippen LogP contribution >= 0.6 is 18.1 Å². The van der Waals surface area contributed by atoms with Crippen molar-refractivity contribution in [3.05, 3.63) is 6.33 Å². The lowest BCUT2D eigenvalue weighted by atomic mass is 9.98. The van der Waals surface area contributed by atoms with Gasteiger partial charge in [-0.15, -0.1) is 0 Å². The van der Waals surface area contributed by atoms with Crippen molar-refractivity contribution in [1.29, 1.82) is 0 Å². The van der Waals surface area contributed by atoms with Crippen molar-refractivity contribution in [2.75, 3.05) is 24.7 Å². The van der Waals surface area contributed by atoms with Crippen LogP contribution in [0, 0.1) is 0 Å². The molecule has 2 aromatic rings. The standard InChI is InChI=1S/C23H34FN8O9PS/c1-6-38-18-14-16(28-21(25)30-18)32(9-26-14)20-23(5,24)15(33)13(41-20)7-39-42(37,31-11(4)19(35)40-10(2)3)43-8-12-17(34)29-22(36)27-12/h9-13,15,20,33H,6-8H2,1-5H3,(H,31,37)(H2,25,28,30)(H2,27,29,34,36)/t11-,12-,13-,15-,20-,23-,42+/m1/s1. The number of imidazole rings is 1. The third kappa shape index (κ3) is 7.18. The number of carbonyl (C=O) groups excluding carboxylic acids is 3. The highest BCUT2D eigenvalue weighted by molar-refractivity contribution is 8.56. The maximum atomic E-state index is 16.0. The molecule has 2 saturated heterocycles. The van der Waals surface area contributed by atoms with Crippen LogP contribution in [-0.4, -0.2) is 97.6 Å². The first-order valence-corrected chi connectivity index (χ1v) is 16.5.